The number of benzene rings is 1. The highest BCUT2D eigenvalue weighted by Gasteiger charge is 2.31. The molecule has 1 aliphatic heterocycles. The highest BCUT2D eigenvalue weighted by molar-refractivity contribution is 5.95. The van der Waals surface area contributed by atoms with Crippen molar-refractivity contribution >= 4 is 5.91 Å². The third-order valence-electron chi connectivity index (χ3n) is 5.40. The van der Waals surface area contributed by atoms with E-state index >= 15 is 0 Å². The molecule has 2 aromatic rings. The fourth-order valence-corrected chi connectivity index (χ4v) is 3.98. The van der Waals surface area contributed by atoms with Crippen LogP contribution in [0.2, 0.25) is 0 Å². The van der Waals surface area contributed by atoms with Crippen LogP contribution in [0.3, 0.4) is 0 Å². The second-order valence-corrected chi connectivity index (χ2v) is 7.19. The predicted molar refractivity (Wildman–Crippen MR) is 99.3 cm³/mol. The lowest BCUT2D eigenvalue weighted by atomic mass is 10.1. The number of rotatable bonds is 4. The number of carbonyl (C=O) groups excluding carboxylic acids is 1. The molecule has 2 heterocycles. The van der Waals surface area contributed by atoms with Crippen LogP contribution in [-0.2, 0) is 11.8 Å². The Kier molecular flexibility index (Phi) is 4.98. The zero-order valence-corrected chi connectivity index (χ0v) is 15.3. The smallest absolute Gasteiger partial charge is 0.254 e. The first-order valence-electron chi connectivity index (χ1n) is 9.49. The molecule has 0 radical (unpaired) electrons. The summed E-state index contributed by atoms with van der Waals surface area (Å²) in [6, 6.07) is 11.6. The van der Waals surface area contributed by atoms with Crippen LogP contribution >= 0.6 is 0 Å². The van der Waals surface area contributed by atoms with Gasteiger partial charge in [0, 0.05) is 31.0 Å². The summed E-state index contributed by atoms with van der Waals surface area (Å²) in [6.07, 6.45) is 6.97. The van der Waals surface area contributed by atoms with Gasteiger partial charge in [-0.2, -0.15) is 0 Å². The minimum Gasteiger partial charge on any atom is -0.490 e. The van der Waals surface area contributed by atoms with E-state index in [1.54, 1.807) is 0 Å². The van der Waals surface area contributed by atoms with Gasteiger partial charge in [0.25, 0.3) is 5.91 Å². The first kappa shape index (κ1) is 17.2. The zero-order valence-electron chi connectivity index (χ0n) is 15.3. The molecule has 1 unspecified atom stereocenters. The molecule has 2 fully saturated rings. The number of aryl methyl sites for hydroxylation is 1. The summed E-state index contributed by atoms with van der Waals surface area (Å²) in [4.78, 5) is 15.1. The second kappa shape index (κ2) is 7.54. The molecule has 1 saturated carbocycles. The first-order valence-corrected chi connectivity index (χ1v) is 9.49. The third-order valence-corrected chi connectivity index (χ3v) is 5.40. The number of aromatic nitrogens is 1. The standard InChI is InChI=1S/C21H26N2O3/c1-22-11-5-10-19(22)20-15-25-13-12-23(20)21(24)16-6-4-9-18(14-16)26-17-7-2-3-8-17/h4-6,9-11,14,17,20H,2-3,7-8,12-13,15H2,1H3. The molecule has 0 N–H and O–H groups in total. The molecule has 26 heavy (non-hydrogen) atoms. The highest BCUT2D eigenvalue weighted by Crippen LogP contribution is 2.28. The molecule has 0 spiro atoms. The van der Waals surface area contributed by atoms with E-state index in [-0.39, 0.29) is 11.9 Å². The van der Waals surface area contributed by atoms with Crippen LogP contribution in [0, 0.1) is 0 Å². The lowest BCUT2D eigenvalue weighted by Crippen LogP contribution is -2.44. The minimum atomic E-state index is -0.0596. The van der Waals surface area contributed by atoms with Crippen molar-refractivity contribution in [3.8, 4) is 5.75 Å². The molecular formula is C21H26N2O3. The largest absolute Gasteiger partial charge is 0.490 e. The van der Waals surface area contributed by atoms with E-state index in [0.717, 1.165) is 24.3 Å². The fourth-order valence-electron chi connectivity index (χ4n) is 3.98. The Morgan fingerprint density at radius 1 is 1.19 bits per heavy atom. The van der Waals surface area contributed by atoms with Gasteiger partial charge in [0.2, 0.25) is 0 Å². The maximum Gasteiger partial charge on any atom is 0.254 e. The van der Waals surface area contributed by atoms with E-state index in [4.69, 9.17) is 9.47 Å². The second-order valence-electron chi connectivity index (χ2n) is 7.19. The number of morpholine rings is 1. The van der Waals surface area contributed by atoms with Crippen LogP contribution in [0.15, 0.2) is 42.6 Å². The Labute approximate surface area is 154 Å². The lowest BCUT2D eigenvalue weighted by molar-refractivity contribution is -0.00465. The van der Waals surface area contributed by atoms with Gasteiger partial charge in [-0.1, -0.05) is 6.07 Å². The van der Waals surface area contributed by atoms with Gasteiger partial charge in [-0.15, -0.1) is 0 Å². The van der Waals surface area contributed by atoms with E-state index in [1.807, 2.05) is 48.5 Å². The molecule has 138 valence electrons. The van der Waals surface area contributed by atoms with Crippen molar-refractivity contribution < 1.29 is 14.3 Å². The maximum absolute atomic E-state index is 13.2. The topological polar surface area (TPSA) is 43.7 Å². The van der Waals surface area contributed by atoms with Gasteiger partial charge >= 0.3 is 0 Å². The van der Waals surface area contributed by atoms with Crippen LogP contribution in [0.25, 0.3) is 0 Å². The molecule has 1 amide bonds. The van der Waals surface area contributed by atoms with Gasteiger partial charge in [-0.25, -0.2) is 0 Å². The van der Waals surface area contributed by atoms with Gasteiger partial charge in [-0.3, -0.25) is 4.79 Å². The Bertz CT molecular complexity index is 764. The summed E-state index contributed by atoms with van der Waals surface area (Å²) in [5.74, 6) is 0.836. The maximum atomic E-state index is 13.2. The van der Waals surface area contributed by atoms with Crippen molar-refractivity contribution in [1.82, 2.24) is 9.47 Å². The summed E-state index contributed by atoms with van der Waals surface area (Å²) < 4.78 is 13.8. The highest BCUT2D eigenvalue weighted by atomic mass is 16.5. The monoisotopic (exact) mass is 354 g/mol. The number of ether oxygens (including phenoxy) is 2. The van der Waals surface area contributed by atoms with Crippen molar-refractivity contribution in [2.45, 2.75) is 37.8 Å². The van der Waals surface area contributed by atoms with E-state index in [9.17, 15) is 4.79 Å². The molecule has 1 atom stereocenters. The number of carbonyl (C=O) groups is 1. The summed E-state index contributed by atoms with van der Waals surface area (Å²) in [5, 5.41) is 0. The quantitative estimate of drug-likeness (QED) is 0.843. The van der Waals surface area contributed by atoms with Crippen LogP contribution in [0.4, 0.5) is 0 Å². The lowest BCUT2D eigenvalue weighted by Gasteiger charge is -2.36. The van der Waals surface area contributed by atoms with Gasteiger partial charge in [0.05, 0.1) is 25.4 Å². The van der Waals surface area contributed by atoms with Gasteiger partial charge in [-0.05, 0) is 56.0 Å². The van der Waals surface area contributed by atoms with Crippen LogP contribution < -0.4 is 4.74 Å². The molecule has 1 aromatic carbocycles. The summed E-state index contributed by atoms with van der Waals surface area (Å²) in [6.45, 7) is 1.70. The molecule has 1 aromatic heterocycles. The molecule has 1 saturated heterocycles. The van der Waals surface area contributed by atoms with E-state index in [1.165, 1.54) is 12.8 Å². The first-order chi connectivity index (χ1) is 12.7. The van der Waals surface area contributed by atoms with Crippen LogP contribution in [-0.4, -0.2) is 41.2 Å². The number of nitrogens with zero attached hydrogens (tertiary/aromatic N) is 2. The molecule has 0 bridgehead atoms. The van der Waals surface area contributed by atoms with Crippen molar-refractivity contribution in [3.63, 3.8) is 0 Å². The van der Waals surface area contributed by atoms with Crippen molar-refractivity contribution in [2.75, 3.05) is 19.8 Å². The van der Waals surface area contributed by atoms with Crippen LogP contribution in [0.1, 0.15) is 47.8 Å². The van der Waals surface area contributed by atoms with Crippen molar-refractivity contribution in [3.05, 3.63) is 53.9 Å². The Hall–Kier alpha value is -2.27. The predicted octanol–water partition coefficient (Wildman–Crippen LogP) is 3.56. The fraction of sp³-hybridized carbons (Fsp3) is 0.476. The number of hydrogen-bond acceptors (Lipinski definition) is 3. The Morgan fingerprint density at radius 2 is 2.04 bits per heavy atom. The normalized spacial score (nSPS) is 21.1. The summed E-state index contributed by atoms with van der Waals surface area (Å²) in [5.41, 5.74) is 1.78. The Morgan fingerprint density at radius 3 is 2.81 bits per heavy atom. The molecule has 5 heteroatoms. The third kappa shape index (κ3) is 3.49. The zero-order chi connectivity index (χ0) is 17.9. The van der Waals surface area contributed by atoms with Crippen molar-refractivity contribution in [1.29, 1.82) is 0 Å². The molecular weight excluding hydrogens is 328 g/mol. The molecule has 4 rings (SSSR count). The Balaban J connectivity index is 1.54. The van der Waals surface area contributed by atoms with E-state index in [0.29, 0.717) is 31.4 Å². The average Bonchev–Trinajstić information content (AvgIpc) is 3.33. The van der Waals surface area contributed by atoms with Gasteiger partial charge in [0.15, 0.2) is 0 Å². The average molecular weight is 354 g/mol. The summed E-state index contributed by atoms with van der Waals surface area (Å²) in [7, 11) is 2.00. The SMILES string of the molecule is Cn1cccc1C1COCCN1C(=O)c1cccc(OC2CCCC2)c1. The molecule has 2 aliphatic rings. The number of hydrogen-bond donors (Lipinski definition) is 0. The van der Waals surface area contributed by atoms with E-state index < -0.39 is 0 Å². The van der Waals surface area contributed by atoms with Gasteiger partial charge < -0.3 is 18.9 Å². The molecule has 5 nitrogen and oxygen atoms in total. The van der Waals surface area contributed by atoms with E-state index in [2.05, 4.69) is 10.6 Å². The summed E-state index contributed by atoms with van der Waals surface area (Å²) >= 11 is 0. The van der Waals surface area contributed by atoms with Crippen molar-refractivity contribution in [2.24, 2.45) is 7.05 Å². The molecule has 1 aliphatic carbocycles. The minimum absolute atomic E-state index is 0.0383. The number of amides is 1. The van der Waals surface area contributed by atoms with Gasteiger partial charge in [0.1, 0.15) is 5.75 Å². The van der Waals surface area contributed by atoms with Crippen LogP contribution in [0.5, 0.6) is 5.75 Å².